The van der Waals surface area contributed by atoms with E-state index in [1.54, 1.807) is 0 Å². The maximum Gasteiger partial charge on any atom is 0.245 e. The molecule has 0 radical (unpaired) electrons. The molecule has 6 nitrogen and oxygen atoms in total. The summed E-state index contributed by atoms with van der Waals surface area (Å²) >= 11 is 0. The van der Waals surface area contributed by atoms with Gasteiger partial charge in [-0.15, -0.1) is 0 Å². The van der Waals surface area contributed by atoms with Gasteiger partial charge in [-0.05, 0) is 32.9 Å². The fraction of sp³-hybridized carbons (Fsp3) is 0.571. The number of carbonyl (C=O) groups excluding carboxylic acids is 1. The monoisotopic (exact) mass is 278 g/mol. The third-order valence-electron chi connectivity index (χ3n) is 3.27. The third kappa shape index (κ3) is 3.19. The molecule has 0 bridgehead atoms. The van der Waals surface area contributed by atoms with Crippen molar-refractivity contribution >= 4 is 17.4 Å². The predicted octanol–water partition coefficient (Wildman–Crippen LogP) is 0.702. The lowest BCUT2D eigenvalue weighted by molar-refractivity contribution is -0.125. The van der Waals surface area contributed by atoms with Crippen LogP contribution in [0.2, 0.25) is 0 Å². The Balaban J connectivity index is 2.21. The van der Waals surface area contributed by atoms with Crippen LogP contribution in [0.25, 0.3) is 0 Å². The predicted molar refractivity (Wildman–Crippen MR) is 78.6 cm³/mol. The average molecular weight is 278 g/mol. The first-order chi connectivity index (χ1) is 9.49. The normalized spacial score (nSPS) is 19.2. The minimum atomic E-state index is -0.346. The zero-order valence-corrected chi connectivity index (χ0v) is 12.2. The summed E-state index contributed by atoms with van der Waals surface area (Å²) < 4.78 is 5.44. The van der Waals surface area contributed by atoms with Crippen molar-refractivity contribution in [1.82, 2.24) is 10.3 Å². The maximum atomic E-state index is 12.3. The van der Waals surface area contributed by atoms with E-state index in [1.165, 1.54) is 0 Å². The van der Waals surface area contributed by atoms with Crippen molar-refractivity contribution in [1.29, 1.82) is 0 Å². The van der Waals surface area contributed by atoms with Crippen LogP contribution < -0.4 is 16.0 Å². The molecule has 0 spiro atoms. The molecule has 1 aromatic heterocycles. The van der Waals surface area contributed by atoms with Gasteiger partial charge >= 0.3 is 0 Å². The Morgan fingerprint density at radius 1 is 1.55 bits per heavy atom. The molecule has 1 amide bonds. The molecule has 1 unspecified atom stereocenters. The number of carbonyl (C=O) groups is 1. The van der Waals surface area contributed by atoms with Gasteiger partial charge in [-0.3, -0.25) is 4.79 Å². The minimum Gasteiger partial charge on any atom is -0.397 e. The van der Waals surface area contributed by atoms with Gasteiger partial charge in [-0.2, -0.15) is 0 Å². The highest BCUT2D eigenvalue weighted by Crippen LogP contribution is 2.20. The van der Waals surface area contributed by atoms with Gasteiger partial charge in [0.2, 0.25) is 5.91 Å². The summed E-state index contributed by atoms with van der Waals surface area (Å²) in [5, 5.41) is 2.93. The second-order valence-electron chi connectivity index (χ2n) is 5.29. The Morgan fingerprint density at radius 2 is 2.30 bits per heavy atom. The molecule has 1 atom stereocenters. The van der Waals surface area contributed by atoms with Gasteiger partial charge in [0.05, 0.1) is 24.6 Å². The van der Waals surface area contributed by atoms with E-state index < -0.39 is 0 Å². The number of morpholine rings is 1. The molecule has 1 saturated heterocycles. The van der Waals surface area contributed by atoms with Crippen LogP contribution in [0.4, 0.5) is 11.5 Å². The highest BCUT2D eigenvalue weighted by Gasteiger charge is 2.30. The first kappa shape index (κ1) is 14.6. The van der Waals surface area contributed by atoms with Crippen molar-refractivity contribution < 1.29 is 9.53 Å². The Kier molecular flexibility index (Phi) is 4.44. The van der Waals surface area contributed by atoms with Crippen molar-refractivity contribution in [3.05, 3.63) is 17.8 Å². The largest absolute Gasteiger partial charge is 0.397 e. The van der Waals surface area contributed by atoms with Gasteiger partial charge in [0.1, 0.15) is 11.9 Å². The molecule has 1 fully saturated rings. The standard InChI is InChI=1S/C14H22N4O2/c1-9(2)16-14(19)12-8-20-7-6-18(12)13-5-4-11(15)10(3)17-13/h4-5,9,12H,6-8,15H2,1-3H3,(H,16,19). The Labute approximate surface area is 119 Å². The van der Waals surface area contributed by atoms with Crippen LogP contribution in [0, 0.1) is 6.92 Å². The molecule has 0 aliphatic carbocycles. The second-order valence-corrected chi connectivity index (χ2v) is 5.29. The lowest BCUT2D eigenvalue weighted by Crippen LogP contribution is -2.55. The van der Waals surface area contributed by atoms with E-state index in [9.17, 15) is 4.79 Å². The molecule has 1 aliphatic heterocycles. The van der Waals surface area contributed by atoms with E-state index in [-0.39, 0.29) is 18.0 Å². The lowest BCUT2D eigenvalue weighted by Gasteiger charge is -2.36. The number of aromatic nitrogens is 1. The molecule has 6 heteroatoms. The number of nitrogens with zero attached hydrogens (tertiary/aromatic N) is 2. The minimum absolute atomic E-state index is 0.0315. The van der Waals surface area contributed by atoms with E-state index in [1.807, 2.05) is 37.8 Å². The van der Waals surface area contributed by atoms with Gasteiger partial charge in [0.25, 0.3) is 0 Å². The summed E-state index contributed by atoms with van der Waals surface area (Å²) in [6, 6.07) is 3.43. The molecule has 1 aromatic rings. The van der Waals surface area contributed by atoms with Crippen LogP contribution in [0.3, 0.4) is 0 Å². The summed E-state index contributed by atoms with van der Waals surface area (Å²) in [7, 11) is 0. The van der Waals surface area contributed by atoms with E-state index in [4.69, 9.17) is 10.5 Å². The van der Waals surface area contributed by atoms with E-state index in [0.717, 1.165) is 11.5 Å². The van der Waals surface area contributed by atoms with Crippen LogP contribution in [-0.4, -0.2) is 42.7 Å². The quantitative estimate of drug-likeness (QED) is 0.851. The van der Waals surface area contributed by atoms with Crippen LogP contribution >= 0.6 is 0 Å². The molecule has 1 aliphatic rings. The number of rotatable bonds is 3. The molecule has 0 saturated carbocycles. The van der Waals surface area contributed by atoms with Crippen molar-refractivity contribution in [3.8, 4) is 0 Å². The number of amides is 1. The zero-order chi connectivity index (χ0) is 14.7. The molecule has 110 valence electrons. The van der Waals surface area contributed by atoms with Gasteiger partial charge in [-0.1, -0.05) is 0 Å². The van der Waals surface area contributed by atoms with E-state index in [0.29, 0.717) is 25.4 Å². The highest BCUT2D eigenvalue weighted by molar-refractivity contribution is 5.85. The van der Waals surface area contributed by atoms with Gasteiger partial charge in [-0.25, -0.2) is 4.98 Å². The van der Waals surface area contributed by atoms with Gasteiger partial charge in [0.15, 0.2) is 0 Å². The number of aryl methyl sites for hydroxylation is 1. The second kappa shape index (κ2) is 6.09. The van der Waals surface area contributed by atoms with E-state index in [2.05, 4.69) is 10.3 Å². The van der Waals surface area contributed by atoms with Crippen LogP contribution in [0.15, 0.2) is 12.1 Å². The Bertz CT molecular complexity index is 490. The molecular formula is C14H22N4O2. The van der Waals surface area contributed by atoms with Crippen molar-refractivity contribution in [2.45, 2.75) is 32.9 Å². The summed E-state index contributed by atoms with van der Waals surface area (Å²) in [6.07, 6.45) is 0. The number of nitrogen functional groups attached to an aromatic ring is 1. The molecule has 3 N–H and O–H groups in total. The smallest absolute Gasteiger partial charge is 0.245 e. The highest BCUT2D eigenvalue weighted by atomic mass is 16.5. The molecule has 20 heavy (non-hydrogen) atoms. The van der Waals surface area contributed by atoms with E-state index >= 15 is 0 Å². The van der Waals surface area contributed by atoms with Crippen molar-refractivity contribution in [2.24, 2.45) is 0 Å². The van der Waals surface area contributed by atoms with Gasteiger partial charge < -0.3 is 20.7 Å². The molecular weight excluding hydrogens is 256 g/mol. The van der Waals surface area contributed by atoms with Crippen LogP contribution in [-0.2, 0) is 9.53 Å². The van der Waals surface area contributed by atoms with Crippen molar-refractivity contribution in [2.75, 3.05) is 30.4 Å². The first-order valence-electron chi connectivity index (χ1n) is 6.87. The number of anilines is 2. The average Bonchev–Trinajstić information content (AvgIpc) is 2.41. The number of hydrogen-bond acceptors (Lipinski definition) is 5. The van der Waals surface area contributed by atoms with Gasteiger partial charge in [0, 0.05) is 12.6 Å². The SMILES string of the molecule is Cc1nc(N2CCOCC2C(=O)NC(C)C)ccc1N. The number of nitrogens with two attached hydrogens (primary N) is 1. The molecule has 2 rings (SSSR count). The number of pyridine rings is 1. The summed E-state index contributed by atoms with van der Waals surface area (Å²) in [4.78, 5) is 18.7. The topological polar surface area (TPSA) is 80.5 Å². The molecule has 0 aromatic carbocycles. The number of hydrogen-bond donors (Lipinski definition) is 2. The summed E-state index contributed by atoms with van der Waals surface area (Å²) in [5.41, 5.74) is 7.23. The third-order valence-corrected chi connectivity index (χ3v) is 3.27. The fourth-order valence-corrected chi connectivity index (χ4v) is 2.19. The summed E-state index contributed by atoms with van der Waals surface area (Å²) in [5.74, 6) is 0.736. The Morgan fingerprint density at radius 3 is 2.95 bits per heavy atom. The first-order valence-corrected chi connectivity index (χ1v) is 6.87. The zero-order valence-electron chi connectivity index (χ0n) is 12.2. The fourth-order valence-electron chi connectivity index (χ4n) is 2.19. The van der Waals surface area contributed by atoms with Crippen molar-refractivity contribution in [3.63, 3.8) is 0 Å². The van der Waals surface area contributed by atoms with Crippen LogP contribution in [0.5, 0.6) is 0 Å². The Hall–Kier alpha value is -1.82. The lowest BCUT2D eigenvalue weighted by atomic mass is 10.2. The molecule has 2 heterocycles. The number of ether oxygens (including phenoxy) is 1. The maximum absolute atomic E-state index is 12.3. The van der Waals surface area contributed by atoms with Crippen LogP contribution in [0.1, 0.15) is 19.5 Å². The number of nitrogens with one attached hydrogen (secondary N) is 1. The summed E-state index contributed by atoms with van der Waals surface area (Å²) in [6.45, 7) is 7.37.